The quantitative estimate of drug-likeness (QED) is 0.694. The van der Waals surface area contributed by atoms with Crippen LogP contribution in [0.5, 0.6) is 5.75 Å². The molecule has 0 aliphatic carbocycles. The van der Waals surface area contributed by atoms with Gasteiger partial charge in [0, 0.05) is 0 Å². The molecule has 0 aliphatic rings. The molecule has 0 saturated carbocycles. The van der Waals surface area contributed by atoms with E-state index in [2.05, 4.69) is 0 Å². The first-order chi connectivity index (χ1) is 6.24. The van der Waals surface area contributed by atoms with Gasteiger partial charge >= 0.3 is 0 Å². The molecule has 0 radical (unpaired) electrons. The van der Waals surface area contributed by atoms with Crippen LogP contribution in [0.1, 0.15) is 31.9 Å². The van der Waals surface area contributed by atoms with E-state index in [0.29, 0.717) is 5.75 Å². The van der Waals surface area contributed by atoms with Crippen molar-refractivity contribution in [1.29, 1.82) is 0 Å². The summed E-state index contributed by atoms with van der Waals surface area (Å²) in [5.74, 6) is 0.329. The zero-order valence-corrected chi connectivity index (χ0v) is 8.83. The number of phenols is 1. The molecule has 1 aromatic carbocycles. The van der Waals surface area contributed by atoms with Crippen LogP contribution in [-0.4, -0.2) is 5.11 Å². The van der Waals surface area contributed by atoms with Crippen molar-refractivity contribution in [3.05, 3.63) is 35.4 Å². The van der Waals surface area contributed by atoms with Gasteiger partial charge in [0.1, 0.15) is 5.75 Å². The molecule has 0 aliphatic heterocycles. The molecular weight excluding hydrogens is 160 g/mol. The third-order valence-electron chi connectivity index (χ3n) is 1.60. The van der Waals surface area contributed by atoms with Crippen molar-refractivity contribution in [2.45, 2.75) is 27.7 Å². The fourth-order valence-electron chi connectivity index (χ4n) is 1.03. The molecule has 0 spiro atoms. The lowest BCUT2D eigenvalue weighted by Gasteiger charge is -1.99. The third kappa shape index (κ3) is 3.79. The highest BCUT2D eigenvalue weighted by molar-refractivity contribution is 5.54. The van der Waals surface area contributed by atoms with Gasteiger partial charge in [-0.25, -0.2) is 0 Å². The first-order valence-corrected chi connectivity index (χ1v) is 4.66. The van der Waals surface area contributed by atoms with Crippen molar-refractivity contribution in [2.24, 2.45) is 0 Å². The number of benzene rings is 1. The van der Waals surface area contributed by atoms with E-state index >= 15 is 0 Å². The van der Waals surface area contributed by atoms with Gasteiger partial charge in [-0.2, -0.15) is 0 Å². The Morgan fingerprint density at radius 2 is 1.85 bits per heavy atom. The van der Waals surface area contributed by atoms with Gasteiger partial charge in [-0.05, 0) is 37.1 Å². The smallest absolute Gasteiger partial charge is 0.115 e. The molecule has 1 nitrogen and oxygen atoms in total. The predicted molar refractivity (Wildman–Crippen MR) is 58.9 cm³/mol. The molecule has 0 bridgehead atoms. The van der Waals surface area contributed by atoms with E-state index in [4.69, 9.17) is 5.11 Å². The molecule has 0 atom stereocenters. The van der Waals surface area contributed by atoms with Crippen LogP contribution in [0.2, 0.25) is 0 Å². The summed E-state index contributed by atoms with van der Waals surface area (Å²) in [5, 5.41) is 9.08. The summed E-state index contributed by atoms with van der Waals surface area (Å²) in [6, 6.07) is 5.36. The summed E-state index contributed by atoms with van der Waals surface area (Å²) < 4.78 is 0. The van der Waals surface area contributed by atoms with Gasteiger partial charge in [0.15, 0.2) is 0 Å². The van der Waals surface area contributed by atoms with E-state index in [1.165, 1.54) is 0 Å². The molecule has 72 valence electrons. The summed E-state index contributed by atoms with van der Waals surface area (Å²) in [6.45, 7) is 7.96. The van der Waals surface area contributed by atoms with Crippen LogP contribution in [0.15, 0.2) is 24.3 Å². The van der Waals surface area contributed by atoms with Crippen LogP contribution in [0.3, 0.4) is 0 Å². The maximum atomic E-state index is 9.08. The number of aryl methyl sites for hydroxylation is 1. The SMILES string of the molecule is C/C=C\c1ccc(O)cc1C.CC. The van der Waals surface area contributed by atoms with Crippen molar-refractivity contribution in [2.75, 3.05) is 0 Å². The average molecular weight is 178 g/mol. The van der Waals surface area contributed by atoms with E-state index in [9.17, 15) is 0 Å². The maximum Gasteiger partial charge on any atom is 0.115 e. The van der Waals surface area contributed by atoms with Crippen LogP contribution >= 0.6 is 0 Å². The monoisotopic (exact) mass is 178 g/mol. The molecule has 0 amide bonds. The Morgan fingerprint density at radius 1 is 1.23 bits per heavy atom. The van der Waals surface area contributed by atoms with Crippen LogP contribution in [0.25, 0.3) is 6.08 Å². The van der Waals surface area contributed by atoms with Gasteiger partial charge in [-0.15, -0.1) is 0 Å². The summed E-state index contributed by atoms with van der Waals surface area (Å²) in [4.78, 5) is 0. The number of hydrogen-bond donors (Lipinski definition) is 1. The maximum absolute atomic E-state index is 9.08. The molecule has 1 aromatic rings. The second-order valence-electron chi connectivity index (χ2n) is 2.54. The highest BCUT2D eigenvalue weighted by Gasteiger charge is 1.93. The predicted octanol–water partition coefficient (Wildman–Crippen LogP) is 3.76. The molecule has 0 heterocycles. The summed E-state index contributed by atoms with van der Waals surface area (Å²) in [5.41, 5.74) is 2.26. The lowest BCUT2D eigenvalue weighted by molar-refractivity contribution is 0.475. The fourth-order valence-corrected chi connectivity index (χ4v) is 1.03. The third-order valence-corrected chi connectivity index (χ3v) is 1.60. The van der Waals surface area contributed by atoms with Crippen LogP contribution in [-0.2, 0) is 0 Å². The fraction of sp³-hybridized carbons (Fsp3) is 0.333. The second kappa shape index (κ2) is 6.30. The van der Waals surface area contributed by atoms with Crippen LogP contribution in [0, 0.1) is 6.92 Å². The van der Waals surface area contributed by atoms with E-state index < -0.39 is 0 Å². The van der Waals surface area contributed by atoms with E-state index in [0.717, 1.165) is 11.1 Å². The Kier molecular flexibility index (Phi) is 5.69. The second-order valence-corrected chi connectivity index (χ2v) is 2.54. The molecule has 1 N–H and O–H groups in total. The Morgan fingerprint density at radius 3 is 2.31 bits per heavy atom. The minimum absolute atomic E-state index is 0.329. The van der Waals surface area contributed by atoms with E-state index in [-0.39, 0.29) is 0 Å². The van der Waals surface area contributed by atoms with Crippen molar-refractivity contribution < 1.29 is 5.11 Å². The number of hydrogen-bond acceptors (Lipinski definition) is 1. The number of phenolic OH excluding ortho intramolecular Hbond substituents is 1. The largest absolute Gasteiger partial charge is 0.508 e. The molecule has 0 fully saturated rings. The average Bonchev–Trinajstić information content (AvgIpc) is 2.14. The van der Waals surface area contributed by atoms with E-state index in [1.54, 1.807) is 12.1 Å². The normalized spacial score (nSPS) is 9.54. The minimum Gasteiger partial charge on any atom is -0.508 e. The highest BCUT2D eigenvalue weighted by Crippen LogP contribution is 2.16. The van der Waals surface area contributed by atoms with Gasteiger partial charge < -0.3 is 5.11 Å². The minimum atomic E-state index is 0.329. The van der Waals surface area contributed by atoms with Crippen molar-refractivity contribution in [1.82, 2.24) is 0 Å². The Bertz CT molecular complexity index is 274. The lowest BCUT2D eigenvalue weighted by Crippen LogP contribution is -1.78. The summed E-state index contributed by atoms with van der Waals surface area (Å²) in [7, 11) is 0. The number of aromatic hydroxyl groups is 1. The zero-order chi connectivity index (χ0) is 10.3. The zero-order valence-electron chi connectivity index (χ0n) is 8.83. The number of allylic oxidation sites excluding steroid dienone is 1. The molecule has 1 rings (SSSR count). The van der Waals surface area contributed by atoms with Gasteiger partial charge in [0.25, 0.3) is 0 Å². The first kappa shape index (κ1) is 11.8. The van der Waals surface area contributed by atoms with Crippen LogP contribution in [0.4, 0.5) is 0 Å². The lowest BCUT2D eigenvalue weighted by atomic mass is 10.1. The Labute approximate surface area is 80.7 Å². The summed E-state index contributed by atoms with van der Waals surface area (Å²) >= 11 is 0. The molecule has 13 heavy (non-hydrogen) atoms. The standard InChI is InChI=1S/C10H12O.C2H6/c1-3-4-9-5-6-10(11)7-8(9)2;1-2/h3-7,11H,1-2H3;1-2H3/b4-3-;. The van der Waals surface area contributed by atoms with Gasteiger partial charge in [-0.1, -0.05) is 32.1 Å². The Balaban J connectivity index is 0.000000671. The van der Waals surface area contributed by atoms with Gasteiger partial charge in [0.05, 0.1) is 0 Å². The van der Waals surface area contributed by atoms with Gasteiger partial charge in [0.2, 0.25) is 0 Å². The molecular formula is C12H18O. The van der Waals surface area contributed by atoms with Crippen LogP contribution < -0.4 is 0 Å². The molecule has 0 aromatic heterocycles. The summed E-state index contributed by atoms with van der Waals surface area (Å²) in [6.07, 6.45) is 4.01. The molecule has 0 saturated heterocycles. The Hall–Kier alpha value is -1.24. The first-order valence-electron chi connectivity index (χ1n) is 4.66. The van der Waals surface area contributed by atoms with E-state index in [1.807, 2.05) is 45.9 Å². The molecule has 0 unspecified atom stereocenters. The van der Waals surface area contributed by atoms with Crippen molar-refractivity contribution in [3.8, 4) is 5.75 Å². The van der Waals surface area contributed by atoms with Crippen molar-refractivity contribution >= 4 is 6.08 Å². The number of rotatable bonds is 1. The van der Waals surface area contributed by atoms with Crippen molar-refractivity contribution in [3.63, 3.8) is 0 Å². The van der Waals surface area contributed by atoms with Gasteiger partial charge in [-0.3, -0.25) is 0 Å². The molecule has 1 heteroatoms. The topological polar surface area (TPSA) is 20.2 Å². The highest BCUT2D eigenvalue weighted by atomic mass is 16.3.